The van der Waals surface area contributed by atoms with Crippen molar-refractivity contribution in [3.05, 3.63) is 88.7 Å². The van der Waals surface area contributed by atoms with Gasteiger partial charge in [-0.1, -0.05) is 35.9 Å². The lowest BCUT2D eigenvalue weighted by Gasteiger charge is -2.32. The largest absolute Gasteiger partial charge is 0.497 e. The van der Waals surface area contributed by atoms with Crippen LogP contribution < -0.4 is 15.4 Å². The monoisotopic (exact) mass is 472 g/mol. The van der Waals surface area contributed by atoms with Crippen LogP contribution in [-0.4, -0.2) is 42.0 Å². The van der Waals surface area contributed by atoms with Crippen LogP contribution in [0.25, 0.3) is 0 Å². The number of aromatic nitrogens is 1. The lowest BCUT2D eigenvalue weighted by molar-refractivity contribution is 0.0948. The number of nitrogens with one attached hydrogen (secondary N) is 2. The first-order chi connectivity index (χ1) is 16.9. The van der Waals surface area contributed by atoms with Crippen molar-refractivity contribution in [3.63, 3.8) is 0 Å². The summed E-state index contributed by atoms with van der Waals surface area (Å²) in [4.78, 5) is 32.4. The molecular weight excluding hydrogens is 440 g/mol. The fourth-order valence-electron chi connectivity index (χ4n) is 4.32. The molecule has 0 atom stereocenters. The predicted octanol–water partition coefficient (Wildman–Crippen LogP) is 5.05. The van der Waals surface area contributed by atoms with Crippen LogP contribution in [0.2, 0.25) is 0 Å². The summed E-state index contributed by atoms with van der Waals surface area (Å²) in [6.07, 6.45) is 1.50. The maximum absolute atomic E-state index is 13.1. The topological polar surface area (TPSA) is 83.6 Å². The minimum atomic E-state index is -0.134. The van der Waals surface area contributed by atoms with Crippen molar-refractivity contribution in [2.45, 2.75) is 39.2 Å². The van der Waals surface area contributed by atoms with Gasteiger partial charge in [0.1, 0.15) is 5.75 Å². The van der Waals surface area contributed by atoms with Crippen molar-refractivity contribution in [2.75, 3.05) is 25.5 Å². The fraction of sp³-hybridized carbons (Fsp3) is 0.321. The van der Waals surface area contributed by atoms with Crippen LogP contribution in [0.1, 0.15) is 51.6 Å². The highest BCUT2D eigenvalue weighted by atomic mass is 16.5. The van der Waals surface area contributed by atoms with E-state index in [1.807, 2.05) is 73.3 Å². The Labute approximate surface area is 206 Å². The Kier molecular flexibility index (Phi) is 7.65. The Morgan fingerprint density at radius 1 is 1.03 bits per heavy atom. The van der Waals surface area contributed by atoms with Gasteiger partial charge in [0.15, 0.2) is 0 Å². The molecule has 2 heterocycles. The maximum Gasteiger partial charge on any atom is 0.321 e. The Bertz CT molecular complexity index is 1190. The van der Waals surface area contributed by atoms with Gasteiger partial charge in [0.25, 0.3) is 5.91 Å². The number of carbonyl (C=O) groups is 2. The number of hydrogen-bond donors (Lipinski definition) is 2. The summed E-state index contributed by atoms with van der Waals surface area (Å²) in [5, 5.41) is 5.98. The third kappa shape index (κ3) is 6.18. The van der Waals surface area contributed by atoms with Crippen LogP contribution in [0.4, 0.5) is 10.5 Å². The van der Waals surface area contributed by atoms with Crippen molar-refractivity contribution in [1.29, 1.82) is 0 Å². The van der Waals surface area contributed by atoms with Crippen molar-refractivity contribution in [3.8, 4) is 5.75 Å². The van der Waals surface area contributed by atoms with Gasteiger partial charge in [-0.15, -0.1) is 0 Å². The molecule has 2 aromatic carbocycles. The van der Waals surface area contributed by atoms with E-state index in [1.54, 1.807) is 13.2 Å². The van der Waals surface area contributed by atoms with Crippen LogP contribution in [0.15, 0.2) is 60.7 Å². The van der Waals surface area contributed by atoms with Gasteiger partial charge >= 0.3 is 6.03 Å². The van der Waals surface area contributed by atoms with Gasteiger partial charge in [0, 0.05) is 43.0 Å². The number of rotatable bonds is 6. The SMILES string of the molecule is COc1cccc(NC(=O)N2CCC(c3nc(C)ccc3C(=O)NCc3ccc(C)cc3)CC2)c1. The first-order valence-corrected chi connectivity index (χ1v) is 11.9. The van der Waals surface area contributed by atoms with Gasteiger partial charge in [-0.3, -0.25) is 9.78 Å². The smallest absolute Gasteiger partial charge is 0.321 e. The van der Waals surface area contributed by atoms with Gasteiger partial charge in [-0.05, 0) is 56.5 Å². The standard InChI is InChI=1S/C28H32N4O3/c1-19-7-10-21(11-8-19)18-29-27(33)25-12-9-20(2)30-26(25)22-13-15-32(16-14-22)28(34)31-23-5-4-6-24(17-23)35-3/h4-12,17,22H,13-16,18H2,1-3H3,(H,29,33)(H,31,34). The molecule has 7 nitrogen and oxygen atoms in total. The second-order valence-electron chi connectivity index (χ2n) is 8.98. The van der Waals surface area contributed by atoms with E-state index in [2.05, 4.69) is 10.6 Å². The number of carbonyl (C=O) groups excluding carboxylic acids is 2. The number of hydrogen-bond acceptors (Lipinski definition) is 4. The molecule has 0 radical (unpaired) electrons. The van der Waals surface area contributed by atoms with Crippen LogP contribution in [0.5, 0.6) is 5.75 Å². The van der Waals surface area contributed by atoms with Gasteiger partial charge in [-0.25, -0.2) is 4.79 Å². The van der Waals surface area contributed by atoms with Crippen molar-refractivity contribution in [2.24, 2.45) is 0 Å². The molecule has 35 heavy (non-hydrogen) atoms. The molecule has 0 saturated carbocycles. The van der Waals surface area contributed by atoms with Crippen LogP contribution in [0.3, 0.4) is 0 Å². The molecule has 0 unspecified atom stereocenters. The quantitative estimate of drug-likeness (QED) is 0.526. The second kappa shape index (κ2) is 11.0. The summed E-state index contributed by atoms with van der Waals surface area (Å²) < 4.78 is 5.23. The molecule has 2 N–H and O–H groups in total. The molecule has 182 valence electrons. The van der Waals surface area contributed by atoms with Crippen LogP contribution in [0, 0.1) is 13.8 Å². The van der Waals surface area contributed by atoms with E-state index < -0.39 is 0 Å². The zero-order valence-corrected chi connectivity index (χ0v) is 20.5. The molecule has 1 saturated heterocycles. The molecule has 0 aliphatic carbocycles. The minimum absolute atomic E-state index is 0.119. The molecule has 1 aliphatic rings. The zero-order chi connectivity index (χ0) is 24.8. The van der Waals surface area contributed by atoms with E-state index in [-0.39, 0.29) is 17.9 Å². The molecule has 0 bridgehead atoms. The Morgan fingerprint density at radius 3 is 2.49 bits per heavy atom. The normalized spacial score (nSPS) is 13.9. The number of ether oxygens (including phenoxy) is 1. The number of amides is 3. The molecule has 4 rings (SSSR count). The summed E-state index contributed by atoms with van der Waals surface area (Å²) in [7, 11) is 1.60. The number of benzene rings is 2. The third-order valence-electron chi connectivity index (χ3n) is 6.37. The summed E-state index contributed by atoms with van der Waals surface area (Å²) >= 11 is 0. The zero-order valence-electron chi connectivity index (χ0n) is 20.5. The second-order valence-corrected chi connectivity index (χ2v) is 8.98. The van der Waals surface area contributed by atoms with Crippen molar-refractivity contribution < 1.29 is 14.3 Å². The van der Waals surface area contributed by atoms with Gasteiger partial charge < -0.3 is 20.3 Å². The van der Waals surface area contributed by atoms with Crippen LogP contribution >= 0.6 is 0 Å². The highest BCUT2D eigenvalue weighted by Gasteiger charge is 2.28. The summed E-state index contributed by atoms with van der Waals surface area (Å²) in [6, 6.07) is 19.0. The lowest BCUT2D eigenvalue weighted by Crippen LogP contribution is -2.41. The first kappa shape index (κ1) is 24.3. The summed E-state index contributed by atoms with van der Waals surface area (Å²) in [6.45, 7) is 5.64. The van der Waals surface area contributed by atoms with Gasteiger partial charge in [-0.2, -0.15) is 0 Å². The highest BCUT2D eigenvalue weighted by Crippen LogP contribution is 2.30. The van der Waals surface area contributed by atoms with Gasteiger partial charge in [0.05, 0.1) is 18.4 Å². The predicted molar refractivity (Wildman–Crippen MR) is 137 cm³/mol. The average Bonchev–Trinajstić information content (AvgIpc) is 2.88. The Balaban J connectivity index is 1.38. The molecule has 3 aromatic rings. The molecule has 1 fully saturated rings. The molecule has 3 amide bonds. The van der Waals surface area contributed by atoms with E-state index in [0.29, 0.717) is 36.6 Å². The Hall–Kier alpha value is -3.87. The van der Waals surface area contributed by atoms with Gasteiger partial charge in [0.2, 0.25) is 0 Å². The highest BCUT2D eigenvalue weighted by molar-refractivity contribution is 5.95. The number of likely N-dealkylation sites (tertiary alicyclic amines) is 1. The Morgan fingerprint density at radius 2 is 1.77 bits per heavy atom. The first-order valence-electron chi connectivity index (χ1n) is 11.9. The summed E-state index contributed by atoms with van der Waals surface area (Å²) in [5.74, 6) is 0.697. The molecule has 1 aliphatic heterocycles. The van der Waals surface area contributed by atoms with E-state index >= 15 is 0 Å². The van der Waals surface area contributed by atoms with E-state index in [1.165, 1.54) is 5.56 Å². The number of anilines is 1. The number of aryl methyl sites for hydroxylation is 2. The van der Waals surface area contributed by atoms with E-state index in [4.69, 9.17) is 9.72 Å². The van der Waals surface area contributed by atoms with E-state index in [0.717, 1.165) is 29.8 Å². The maximum atomic E-state index is 13.1. The molecule has 7 heteroatoms. The van der Waals surface area contributed by atoms with Crippen molar-refractivity contribution >= 4 is 17.6 Å². The molecular formula is C28H32N4O3. The number of pyridine rings is 1. The minimum Gasteiger partial charge on any atom is -0.497 e. The fourth-order valence-corrected chi connectivity index (χ4v) is 4.32. The number of nitrogens with zero attached hydrogens (tertiary/aromatic N) is 2. The van der Waals surface area contributed by atoms with Crippen molar-refractivity contribution in [1.82, 2.24) is 15.2 Å². The number of piperidine rings is 1. The van der Waals surface area contributed by atoms with E-state index in [9.17, 15) is 9.59 Å². The molecule has 1 aromatic heterocycles. The number of urea groups is 1. The number of methoxy groups -OCH3 is 1. The molecule has 0 spiro atoms. The van der Waals surface area contributed by atoms with Crippen LogP contribution in [-0.2, 0) is 6.54 Å². The third-order valence-corrected chi connectivity index (χ3v) is 6.37. The summed E-state index contributed by atoms with van der Waals surface area (Å²) in [5.41, 5.74) is 5.26. The lowest BCUT2D eigenvalue weighted by atomic mass is 9.90. The average molecular weight is 473 g/mol.